The molecule has 0 aliphatic carbocycles. The number of likely N-dealkylation sites (N-methyl/N-ethyl adjacent to an activating group) is 1. The number of anilines is 1. The fourth-order valence-electron chi connectivity index (χ4n) is 4.54. The Morgan fingerprint density at radius 2 is 1.83 bits per heavy atom. The average Bonchev–Trinajstić information content (AvgIpc) is 2.95. The molecule has 0 N–H and O–H groups in total. The van der Waals surface area contributed by atoms with Gasteiger partial charge in [0.15, 0.2) is 0 Å². The van der Waals surface area contributed by atoms with E-state index in [1.807, 2.05) is 0 Å². The van der Waals surface area contributed by atoms with Crippen molar-refractivity contribution >= 4 is 5.69 Å². The van der Waals surface area contributed by atoms with Gasteiger partial charge in [0.1, 0.15) is 0 Å². The van der Waals surface area contributed by atoms with Crippen molar-refractivity contribution in [2.24, 2.45) is 5.92 Å². The maximum atomic E-state index is 2.63. The lowest BCUT2D eigenvalue weighted by Crippen LogP contribution is -2.45. The summed E-state index contributed by atoms with van der Waals surface area (Å²) in [7, 11) is 2.27. The van der Waals surface area contributed by atoms with Gasteiger partial charge in [-0.25, -0.2) is 0 Å². The van der Waals surface area contributed by atoms with Crippen LogP contribution < -0.4 is 4.90 Å². The van der Waals surface area contributed by atoms with Crippen molar-refractivity contribution in [2.75, 3.05) is 25.0 Å². The second-order valence-electron chi connectivity index (χ2n) is 7.41. The summed E-state index contributed by atoms with van der Waals surface area (Å²) in [5.74, 6) is 1.43. The summed E-state index contributed by atoms with van der Waals surface area (Å²) in [5.41, 5.74) is 5.79. The van der Waals surface area contributed by atoms with E-state index in [-0.39, 0.29) is 0 Å². The molecule has 0 bridgehead atoms. The van der Waals surface area contributed by atoms with Crippen LogP contribution in [-0.2, 0) is 6.54 Å². The van der Waals surface area contributed by atoms with Gasteiger partial charge in [-0.3, -0.25) is 0 Å². The fourth-order valence-corrected chi connectivity index (χ4v) is 4.54. The first-order valence-corrected chi connectivity index (χ1v) is 8.73. The maximum Gasteiger partial charge on any atom is 0.0432 e. The lowest BCUT2D eigenvalue weighted by atomic mass is 9.78. The van der Waals surface area contributed by atoms with E-state index in [1.165, 1.54) is 29.9 Å². The van der Waals surface area contributed by atoms with Crippen LogP contribution in [0.25, 0.3) is 0 Å². The number of benzene rings is 2. The second kappa shape index (κ2) is 5.68. The molecule has 0 saturated carbocycles. The van der Waals surface area contributed by atoms with Gasteiger partial charge in [0.2, 0.25) is 0 Å². The number of likely N-dealkylation sites (tertiary alicyclic amines) is 1. The van der Waals surface area contributed by atoms with Crippen molar-refractivity contribution < 1.29 is 0 Å². The van der Waals surface area contributed by atoms with Crippen molar-refractivity contribution in [1.82, 2.24) is 4.90 Å². The molecule has 4 rings (SSSR count). The molecule has 0 spiro atoms. The van der Waals surface area contributed by atoms with Crippen LogP contribution in [0.2, 0.25) is 0 Å². The largest absolute Gasteiger partial charge is 0.364 e. The average molecular weight is 306 g/mol. The van der Waals surface area contributed by atoms with Gasteiger partial charge in [0.05, 0.1) is 0 Å². The molecule has 2 aromatic carbocycles. The lowest BCUT2D eigenvalue weighted by molar-refractivity contribution is 0.357. The van der Waals surface area contributed by atoms with Crippen molar-refractivity contribution in [2.45, 2.75) is 32.4 Å². The monoisotopic (exact) mass is 306 g/mol. The predicted molar refractivity (Wildman–Crippen MR) is 97.0 cm³/mol. The quantitative estimate of drug-likeness (QED) is 0.826. The van der Waals surface area contributed by atoms with Crippen LogP contribution in [0.5, 0.6) is 0 Å². The molecule has 2 aliphatic rings. The van der Waals surface area contributed by atoms with Crippen molar-refractivity contribution in [3.8, 4) is 0 Å². The van der Waals surface area contributed by atoms with Crippen LogP contribution in [0.3, 0.4) is 0 Å². The molecule has 2 aromatic rings. The molecule has 1 saturated heterocycles. The minimum absolute atomic E-state index is 0.584. The van der Waals surface area contributed by atoms with Gasteiger partial charge >= 0.3 is 0 Å². The number of nitrogens with zero attached hydrogens (tertiary/aromatic N) is 2. The highest BCUT2D eigenvalue weighted by Gasteiger charge is 2.43. The van der Waals surface area contributed by atoms with E-state index in [9.17, 15) is 0 Å². The van der Waals surface area contributed by atoms with Crippen molar-refractivity contribution in [3.63, 3.8) is 0 Å². The Morgan fingerprint density at radius 3 is 2.61 bits per heavy atom. The molecule has 3 unspecified atom stereocenters. The summed E-state index contributed by atoms with van der Waals surface area (Å²) < 4.78 is 0. The van der Waals surface area contributed by atoms with E-state index >= 15 is 0 Å². The Bertz CT molecular complexity index is 694. The van der Waals surface area contributed by atoms with Gasteiger partial charge in [0.25, 0.3) is 0 Å². The second-order valence-corrected chi connectivity index (χ2v) is 7.41. The van der Waals surface area contributed by atoms with Gasteiger partial charge in [-0.2, -0.15) is 0 Å². The van der Waals surface area contributed by atoms with Gasteiger partial charge in [-0.15, -0.1) is 0 Å². The molecule has 120 valence electrons. The van der Waals surface area contributed by atoms with Crippen LogP contribution in [0.1, 0.15) is 29.5 Å². The fraction of sp³-hybridized carbons (Fsp3) is 0.429. The van der Waals surface area contributed by atoms with Gasteiger partial charge < -0.3 is 9.80 Å². The van der Waals surface area contributed by atoms with Crippen LogP contribution in [-0.4, -0.2) is 31.1 Å². The Morgan fingerprint density at radius 1 is 1.04 bits per heavy atom. The van der Waals surface area contributed by atoms with Crippen molar-refractivity contribution in [3.05, 3.63) is 65.2 Å². The first-order valence-electron chi connectivity index (χ1n) is 8.73. The first-order chi connectivity index (χ1) is 11.1. The number of hydrogen-bond donors (Lipinski definition) is 0. The lowest BCUT2D eigenvalue weighted by Gasteiger charge is -2.44. The van der Waals surface area contributed by atoms with Gasteiger partial charge in [-0.05, 0) is 44.0 Å². The summed E-state index contributed by atoms with van der Waals surface area (Å²) in [4.78, 5) is 5.13. The third-order valence-corrected chi connectivity index (χ3v) is 5.75. The van der Waals surface area contributed by atoms with E-state index in [0.717, 1.165) is 12.5 Å². The van der Waals surface area contributed by atoms with E-state index in [1.54, 1.807) is 5.56 Å². The van der Waals surface area contributed by atoms with E-state index < -0.39 is 0 Å². The molecular weight excluding hydrogens is 280 g/mol. The van der Waals surface area contributed by atoms with Crippen LogP contribution in [0.4, 0.5) is 5.69 Å². The van der Waals surface area contributed by atoms with E-state index in [2.05, 4.69) is 79.2 Å². The third kappa shape index (κ3) is 2.55. The highest BCUT2D eigenvalue weighted by atomic mass is 15.2. The SMILES string of the molecule is Cc1ccc2c(c1)C1CN(C)CC1C(C)N2Cc1ccccc1. The Hall–Kier alpha value is -1.80. The Balaban J connectivity index is 1.76. The summed E-state index contributed by atoms with van der Waals surface area (Å²) in [6, 6.07) is 18.5. The molecule has 2 heteroatoms. The minimum Gasteiger partial charge on any atom is -0.364 e. The minimum atomic E-state index is 0.584. The van der Waals surface area contributed by atoms with Crippen molar-refractivity contribution in [1.29, 1.82) is 0 Å². The number of fused-ring (bicyclic) bond motifs is 3. The zero-order valence-electron chi connectivity index (χ0n) is 14.4. The molecule has 0 radical (unpaired) electrons. The topological polar surface area (TPSA) is 6.48 Å². The molecule has 2 heterocycles. The van der Waals surface area contributed by atoms with Crippen LogP contribution in [0, 0.1) is 12.8 Å². The summed E-state index contributed by atoms with van der Waals surface area (Å²) >= 11 is 0. The summed E-state index contributed by atoms with van der Waals surface area (Å²) in [6.07, 6.45) is 0. The molecule has 0 aromatic heterocycles. The molecule has 2 nitrogen and oxygen atoms in total. The Kier molecular flexibility index (Phi) is 3.65. The predicted octanol–water partition coefficient (Wildman–Crippen LogP) is 4.05. The third-order valence-electron chi connectivity index (χ3n) is 5.75. The van der Waals surface area contributed by atoms with Gasteiger partial charge in [0, 0.05) is 37.3 Å². The van der Waals surface area contributed by atoms with Crippen LogP contribution >= 0.6 is 0 Å². The highest BCUT2D eigenvalue weighted by Crippen LogP contribution is 2.46. The molecule has 23 heavy (non-hydrogen) atoms. The molecule has 0 amide bonds. The zero-order chi connectivity index (χ0) is 16.0. The zero-order valence-corrected chi connectivity index (χ0v) is 14.4. The highest BCUT2D eigenvalue weighted by molar-refractivity contribution is 5.60. The number of rotatable bonds is 2. The summed E-state index contributed by atoms with van der Waals surface area (Å²) in [6.45, 7) is 8.05. The molecule has 2 aliphatic heterocycles. The smallest absolute Gasteiger partial charge is 0.0432 e. The molecule has 3 atom stereocenters. The standard InChI is InChI=1S/C21H26N2/c1-15-9-10-21-18(11-15)20-14-22(3)13-19(20)16(2)23(21)12-17-7-5-4-6-8-17/h4-11,16,19-20H,12-14H2,1-3H3. The summed E-state index contributed by atoms with van der Waals surface area (Å²) in [5, 5.41) is 0. The number of hydrogen-bond acceptors (Lipinski definition) is 2. The van der Waals surface area contributed by atoms with E-state index in [4.69, 9.17) is 0 Å². The molecule has 1 fully saturated rings. The van der Waals surface area contributed by atoms with Crippen LogP contribution in [0.15, 0.2) is 48.5 Å². The molecular formula is C21H26N2. The van der Waals surface area contributed by atoms with Gasteiger partial charge in [-0.1, -0.05) is 48.0 Å². The normalized spacial score (nSPS) is 26.9. The number of aryl methyl sites for hydroxylation is 1. The maximum absolute atomic E-state index is 2.63. The Labute approximate surface area is 139 Å². The first kappa shape index (κ1) is 14.8. The van der Waals surface area contributed by atoms with E-state index in [0.29, 0.717) is 12.0 Å².